The summed E-state index contributed by atoms with van der Waals surface area (Å²) in [6.07, 6.45) is 6.66. The average Bonchev–Trinajstić information content (AvgIpc) is 2.64. The normalized spacial score (nSPS) is 44.8. The molecule has 82 valence electrons. The number of likely N-dealkylation sites (tertiary alicyclic amines) is 1. The van der Waals surface area contributed by atoms with E-state index in [9.17, 15) is 0 Å². The summed E-state index contributed by atoms with van der Waals surface area (Å²) < 4.78 is 0. The molecule has 1 aliphatic carbocycles. The van der Waals surface area contributed by atoms with Crippen LogP contribution >= 0.6 is 0 Å². The monoisotopic (exact) mass is 196 g/mol. The zero-order valence-electron chi connectivity index (χ0n) is 9.63. The highest BCUT2D eigenvalue weighted by Gasteiger charge is 2.39. The number of rotatable bonds is 2. The third-order valence-electron chi connectivity index (χ3n) is 4.41. The van der Waals surface area contributed by atoms with Gasteiger partial charge in [0, 0.05) is 18.6 Å². The Bertz CT molecular complexity index is 204. The number of hydrogen-bond donors (Lipinski definition) is 1. The molecular formula is C12H24N2. The highest BCUT2D eigenvalue weighted by molar-refractivity contribution is 4.95. The van der Waals surface area contributed by atoms with Gasteiger partial charge in [0.2, 0.25) is 0 Å². The zero-order chi connectivity index (χ0) is 10.2. The van der Waals surface area contributed by atoms with Crippen molar-refractivity contribution in [1.29, 1.82) is 0 Å². The lowest BCUT2D eigenvalue weighted by atomic mass is 9.84. The standard InChI is InChI=1S/C12H24N2/c1-10-5-4-8-14(10)9-12(2)7-3-6-11(12)13/h10-11H,3-9,13H2,1-2H3. The van der Waals surface area contributed by atoms with Gasteiger partial charge in [0.15, 0.2) is 0 Å². The van der Waals surface area contributed by atoms with E-state index >= 15 is 0 Å². The molecule has 2 fully saturated rings. The summed E-state index contributed by atoms with van der Waals surface area (Å²) in [7, 11) is 0. The smallest absolute Gasteiger partial charge is 0.0105 e. The van der Waals surface area contributed by atoms with Gasteiger partial charge in [-0.1, -0.05) is 13.3 Å². The van der Waals surface area contributed by atoms with Gasteiger partial charge >= 0.3 is 0 Å². The van der Waals surface area contributed by atoms with Gasteiger partial charge in [-0.25, -0.2) is 0 Å². The first-order valence-corrected chi connectivity index (χ1v) is 6.11. The quantitative estimate of drug-likeness (QED) is 0.732. The van der Waals surface area contributed by atoms with E-state index in [0.29, 0.717) is 11.5 Å². The van der Waals surface area contributed by atoms with E-state index < -0.39 is 0 Å². The van der Waals surface area contributed by atoms with Crippen molar-refractivity contribution in [2.24, 2.45) is 11.1 Å². The third-order valence-corrected chi connectivity index (χ3v) is 4.41. The topological polar surface area (TPSA) is 29.3 Å². The molecule has 2 heteroatoms. The largest absolute Gasteiger partial charge is 0.327 e. The van der Waals surface area contributed by atoms with Crippen LogP contribution in [0.1, 0.15) is 46.0 Å². The minimum atomic E-state index is 0.401. The Balaban J connectivity index is 1.95. The fourth-order valence-corrected chi connectivity index (χ4v) is 3.15. The van der Waals surface area contributed by atoms with E-state index in [1.807, 2.05) is 0 Å². The predicted molar refractivity (Wildman–Crippen MR) is 60.2 cm³/mol. The van der Waals surface area contributed by atoms with Crippen molar-refractivity contribution in [3.63, 3.8) is 0 Å². The van der Waals surface area contributed by atoms with E-state index in [1.165, 1.54) is 45.2 Å². The fraction of sp³-hybridized carbons (Fsp3) is 1.00. The Morgan fingerprint density at radius 3 is 2.64 bits per heavy atom. The maximum atomic E-state index is 6.21. The molecule has 14 heavy (non-hydrogen) atoms. The van der Waals surface area contributed by atoms with Crippen LogP contribution in [0.2, 0.25) is 0 Å². The Morgan fingerprint density at radius 1 is 1.36 bits per heavy atom. The van der Waals surface area contributed by atoms with Crippen LogP contribution < -0.4 is 5.73 Å². The first kappa shape index (κ1) is 10.4. The van der Waals surface area contributed by atoms with Crippen LogP contribution in [0, 0.1) is 5.41 Å². The molecule has 2 aliphatic rings. The second-order valence-electron chi connectivity index (χ2n) is 5.61. The van der Waals surface area contributed by atoms with Crippen LogP contribution in [-0.4, -0.2) is 30.1 Å². The molecule has 2 rings (SSSR count). The summed E-state index contributed by atoms with van der Waals surface area (Å²) in [6, 6.07) is 1.23. The molecule has 1 saturated heterocycles. The lowest BCUT2D eigenvalue weighted by Gasteiger charge is -2.35. The Morgan fingerprint density at radius 2 is 2.14 bits per heavy atom. The van der Waals surface area contributed by atoms with Crippen molar-refractivity contribution in [2.45, 2.75) is 58.0 Å². The van der Waals surface area contributed by atoms with Gasteiger partial charge in [0.1, 0.15) is 0 Å². The van der Waals surface area contributed by atoms with Gasteiger partial charge in [0.25, 0.3) is 0 Å². The van der Waals surface area contributed by atoms with Crippen molar-refractivity contribution < 1.29 is 0 Å². The first-order valence-electron chi connectivity index (χ1n) is 6.11. The Hall–Kier alpha value is -0.0800. The van der Waals surface area contributed by atoms with Crippen molar-refractivity contribution >= 4 is 0 Å². The van der Waals surface area contributed by atoms with Crippen LogP contribution in [0.25, 0.3) is 0 Å². The van der Waals surface area contributed by atoms with Gasteiger partial charge < -0.3 is 10.6 Å². The molecule has 0 aromatic carbocycles. The van der Waals surface area contributed by atoms with E-state index in [4.69, 9.17) is 5.73 Å². The maximum absolute atomic E-state index is 6.21. The van der Waals surface area contributed by atoms with E-state index in [1.54, 1.807) is 0 Å². The van der Waals surface area contributed by atoms with E-state index in [2.05, 4.69) is 18.7 Å². The predicted octanol–water partition coefficient (Wildman–Crippen LogP) is 1.99. The molecule has 1 aliphatic heterocycles. The second-order valence-corrected chi connectivity index (χ2v) is 5.61. The molecule has 0 aromatic heterocycles. The summed E-state index contributed by atoms with van der Waals surface area (Å²) in [4.78, 5) is 2.64. The first-order chi connectivity index (χ1) is 6.62. The van der Waals surface area contributed by atoms with Crippen LogP contribution in [0.15, 0.2) is 0 Å². The number of nitrogens with two attached hydrogens (primary N) is 1. The SMILES string of the molecule is CC1CCCN1CC1(C)CCCC1N. The second kappa shape index (κ2) is 3.82. The van der Waals surface area contributed by atoms with Crippen molar-refractivity contribution in [2.75, 3.05) is 13.1 Å². The van der Waals surface area contributed by atoms with Crippen LogP contribution in [-0.2, 0) is 0 Å². The minimum Gasteiger partial charge on any atom is -0.327 e. The summed E-state index contributed by atoms with van der Waals surface area (Å²) in [6.45, 7) is 7.27. The number of hydrogen-bond acceptors (Lipinski definition) is 2. The van der Waals surface area contributed by atoms with Crippen LogP contribution in [0.3, 0.4) is 0 Å². The van der Waals surface area contributed by atoms with Crippen molar-refractivity contribution in [3.05, 3.63) is 0 Å². The van der Waals surface area contributed by atoms with E-state index in [0.717, 1.165) is 6.04 Å². The van der Waals surface area contributed by atoms with Gasteiger partial charge in [-0.15, -0.1) is 0 Å². The molecule has 1 saturated carbocycles. The molecular weight excluding hydrogens is 172 g/mol. The van der Waals surface area contributed by atoms with Crippen LogP contribution in [0.4, 0.5) is 0 Å². The summed E-state index contributed by atoms with van der Waals surface area (Å²) in [5.74, 6) is 0. The molecule has 3 atom stereocenters. The molecule has 0 amide bonds. The van der Waals surface area contributed by atoms with Gasteiger partial charge in [0.05, 0.1) is 0 Å². The van der Waals surface area contributed by atoms with E-state index in [-0.39, 0.29) is 0 Å². The van der Waals surface area contributed by atoms with Gasteiger partial charge in [-0.3, -0.25) is 0 Å². The zero-order valence-corrected chi connectivity index (χ0v) is 9.63. The molecule has 2 nitrogen and oxygen atoms in total. The summed E-state index contributed by atoms with van der Waals surface area (Å²) in [5, 5.41) is 0. The number of nitrogens with zero attached hydrogens (tertiary/aromatic N) is 1. The Kier molecular flexibility index (Phi) is 2.85. The van der Waals surface area contributed by atoms with Gasteiger partial charge in [-0.05, 0) is 44.6 Å². The van der Waals surface area contributed by atoms with Crippen molar-refractivity contribution in [1.82, 2.24) is 4.90 Å². The molecule has 1 heterocycles. The third kappa shape index (κ3) is 1.82. The highest BCUT2D eigenvalue weighted by Crippen LogP contribution is 2.38. The summed E-state index contributed by atoms with van der Waals surface area (Å²) >= 11 is 0. The molecule has 0 spiro atoms. The minimum absolute atomic E-state index is 0.401. The Labute approximate surface area is 87.8 Å². The van der Waals surface area contributed by atoms with Crippen LogP contribution in [0.5, 0.6) is 0 Å². The molecule has 0 bridgehead atoms. The fourth-order valence-electron chi connectivity index (χ4n) is 3.15. The lowest BCUT2D eigenvalue weighted by Crippen LogP contribution is -2.45. The average molecular weight is 196 g/mol. The molecule has 3 unspecified atom stereocenters. The van der Waals surface area contributed by atoms with Gasteiger partial charge in [-0.2, -0.15) is 0 Å². The molecule has 0 aromatic rings. The molecule has 2 N–H and O–H groups in total. The summed E-state index contributed by atoms with van der Waals surface area (Å²) in [5.41, 5.74) is 6.61. The lowest BCUT2D eigenvalue weighted by molar-refractivity contribution is 0.148. The maximum Gasteiger partial charge on any atom is 0.0105 e. The van der Waals surface area contributed by atoms with Crippen molar-refractivity contribution in [3.8, 4) is 0 Å². The highest BCUT2D eigenvalue weighted by atomic mass is 15.2. The molecule has 0 radical (unpaired) electrons.